The molecule has 3 N–H and O–H groups in total. The molecular weight excluding hydrogens is 534 g/mol. The van der Waals surface area contributed by atoms with Crippen molar-refractivity contribution in [3.8, 4) is 5.75 Å². The van der Waals surface area contributed by atoms with Crippen LogP contribution in [0.25, 0.3) is 0 Å². The minimum Gasteiger partial charge on any atom is -0.486 e. The molecular formula is C31H41N7O4. The third kappa shape index (κ3) is 7.21. The van der Waals surface area contributed by atoms with Crippen molar-refractivity contribution in [2.75, 3.05) is 63.1 Å². The van der Waals surface area contributed by atoms with Crippen LogP contribution < -0.4 is 20.3 Å². The van der Waals surface area contributed by atoms with Crippen LogP contribution in [-0.4, -0.2) is 95.8 Å². The summed E-state index contributed by atoms with van der Waals surface area (Å²) in [6, 6.07) is 10.3. The number of aliphatic hydroxyl groups is 1. The first-order valence-corrected chi connectivity index (χ1v) is 15.0. The molecule has 2 fully saturated rings. The molecule has 0 spiro atoms. The Balaban J connectivity index is 1.02. The molecule has 6 rings (SSSR count). The summed E-state index contributed by atoms with van der Waals surface area (Å²) in [6.45, 7) is 6.30. The topological polar surface area (TPSA) is 119 Å². The number of carbonyl (C=O) groups is 1. The molecule has 1 amide bonds. The number of benzene rings is 1. The van der Waals surface area contributed by atoms with Crippen molar-refractivity contribution >= 4 is 17.5 Å². The number of rotatable bonds is 11. The van der Waals surface area contributed by atoms with E-state index in [0.717, 1.165) is 75.9 Å². The molecule has 11 nitrogen and oxygen atoms in total. The van der Waals surface area contributed by atoms with Gasteiger partial charge in [-0.25, -0.2) is 9.97 Å². The van der Waals surface area contributed by atoms with Crippen LogP contribution in [0, 0.1) is 0 Å². The van der Waals surface area contributed by atoms with Gasteiger partial charge < -0.3 is 34.7 Å². The number of hydrogen-bond donors (Lipinski definition) is 3. The van der Waals surface area contributed by atoms with Crippen LogP contribution in [0.4, 0.5) is 11.6 Å². The monoisotopic (exact) mass is 575 g/mol. The number of nitrogens with zero attached hydrogens (tertiary/aromatic N) is 5. The van der Waals surface area contributed by atoms with E-state index in [0.29, 0.717) is 30.5 Å². The number of piperazine rings is 1. The molecule has 1 unspecified atom stereocenters. The first-order chi connectivity index (χ1) is 20.5. The molecule has 3 aromatic rings. The van der Waals surface area contributed by atoms with Gasteiger partial charge in [0.05, 0.1) is 12.3 Å². The number of β-amino-alcohol motifs (C(OH)–C–C–N with tert-alkyl or cyclic N) is 1. The fraction of sp³-hybridized carbons (Fsp3) is 0.516. The number of pyridine rings is 1. The fourth-order valence-corrected chi connectivity index (χ4v) is 5.66. The number of carbonyl (C=O) groups excluding carboxylic acids is 1. The number of hydrogen-bond acceptors (Lipinski definition) is 10. The van der Waals surface area contributed by atoms with Crippen molar-refractivity contribution in [1.82, 2.24) is 25.1 Å². The molecule has 11 heteroatoms. The highest BCUT2D eigenvalue weighted by molar-refractivity contribution is 5.95. The van der Waals surface area contributed by atoms with Gasteiger partial charge in [-0.05, 0) is 68.1 Å². The number of anilines is 2. The van der Waals surface area contributed by atoms with Crippen LogP contribution in [0.5, 0.6) is 5.75 Å². The van der Waals surface area contributed by atoms with Gasteiger partial charge in [-0.2, -0.15) is 0 Å². The maximum absolute atomic E-state index is 13.2. The summed E-state index contributed by atoms with van der Waals surface area (Å²) >= 11 is 0. The third-order valence-electron chi connectivity index (χ3n) is 8.46. The van der Waals surface area contributed by atoms with Crippen molar-refractivity contribution in [3.05, 3.63) is 65.4 Å². The minimum absolute atomic E-state index is 0.189. The summed E-state index contributed by atoms with van der Waals surface area (Å²) in [5.41, 5.74) is 3.05. The SMILES string of the molecule is CN1CCN(c2cc(C(=O)NCC(O)CN3CCc4cc(OCc5cnco5)ccc4C3)cc(NC3CCC3)n2)CC1. The Bertz CT molecular complexity index is 1340. The number of nitrogens with one attached hydrogen (secondary N) is 2. The second-order valence-corrected chi connectivity index (χ2v) is 11.7. The number of oxazole rings is 1. The zero-order chi connectivity index (χ0) is 28.9. The zero-order valence-corrected chi connectivity index (χ0v) is 24.3. The Morgan fingerprint density at radius 2 is 2.00 bits per heavy atom. The Morgan fingerprint density at radius 3 is 2.76 bits per heavy atom. The van der Waals surface area contributed by atoms with Gasteiger partial charge >= 0.3 is 0 Å². The van der Waals surface area contributed by atoms with E-state index in [2.05, 4.69) is 49.5 Å². The minimum atomic E-state index is -0.675. The van der Waals surface area contributed by atoms with E-state index in [9.17, 15) is 9.90 Å². The molecule has 1 saturated carbocycles. The van der Waals surface area contributed by atoms with Crippen LogP contribution in [0.15, 0.2) is 47.3 Å². The van der Waals surface area contributed by atoms with Crippen molar-refractivity contribution in [1.29, 1.82) is 0 Å². The number of fused-ring (bicyclic) bond motifs is 1. The lowest BCUT2D eigenvalue weighted by molar-refractivity contribution is 0.0841. The van der Waals surface area contributed by atoms with E-state index in [4.69, 9.17) is 14.1 Å². The number of likely N-dealkylation sites (N-methyl/N-ethyl adjacent to an activating group) is 1. The van der Waals surface area contributed by atoms with Gasteiger partial charge in [-0.15, -0.1) is 0 Å². The molecule has 1 aromatic carbocycles. The molecule has 0 bridgehead atoms. The highest BCUT2D eigenvalue weighted by atomic mass is 16.5. The van der Waals surface area contributed by atoms with Crippen molar-refractivity contribution in [2.45, 2.75) is 51.0 Å². The van der Waals surface area contributed by atoms with Crippen LogP contribution in [0.2, 0.25) is 0 Å². The number of ether oxygens (including phenoxy) is 1. The molecule has 3 aliphatic rings. The maximum Gasteiger partial charge on any atom is 0.251 e. The molecule has 2 aliphatic heterocycles. The highest BCUT2D eigenvalue weighted by Crippen LogP contribution is 2.26. The Kier molecular flexibility index (Phi) is 8.87. The van der Waals surface area contributed by atoms with Gasteiger partial charge in [-0.3, -0.25) is 9.69 Å². The molecule has 2 aromatic heterocycles. The predicted molar refractivity (Wildman–Crippen MR) is 160 cm³/mol. The van der Waals surface area contributed by atoms with Crippen LogP contribution >= 0.6 is 0 Å². The van der Waals surface area contributed by atoms with Gasteiger partial charge in [-0.1, -0.05) is 6.07 Å². The molecule has 224 valence electrons. The number of amides is 1. The summed E-state index contributed by atoms with van der Waals surface area (Å²) in [4.78, 5) is 28.8. The highest BCUT2D eigenvalue weighted by Gasteiger charge is 2.23. The van der Waals surface area contributed by atoms with Gasteiger partial charge in [0.15, 0.2) is 12.2 Å². The molecule has 0 radical (unpaired) electrons. The van der Waals surface area contributed by atoms with Gasteiger partial charge in [0.25, 0.3) is 5.91 Å². The van der Waals surface area contributed by atoms with E-state index < -0.39 is 6.10 Å². The Hall–Kier alpha value is -3.67. The van der Waals surface area contributed by atoms with E-state index >= 15 is 0 Å². The number of aliphatic hydroxyl groups excluding tert-OH is 1. The average Bonchev–Trinajstić information content (AvgIpc) is 3.51. The van der Waals surface area contributed by atoms with Crippen LogP contribution in [-0.2, 0) is 19.6 Å². The quantitative estimate of drug-likeness (QED) is 0.315. The smallest absolute Gasteiger partial charge is 0.251 e. The normalized spacial score (nSPS) is 18.7. The Labute approximate surface area is 246 Å². The molecule has 1 saturated heterocycles. The lowest BCUT2D eigenvalue weighted by Gasteiger charge is -2.34. The zero-order valence-electron chi connectivity index (χ0n) is 24.3. The van der Waals surface area contributed by atoms with E-state index in [-0.39, 0.29) is 12.5 Å². The third-order valence-corrected chi connectivity index (χ3v) is 8.46. The first-order valence-electron chi connectivity index (χ1n) is 15.0. The van der Waals surface area contributed by atoms with Gasteiger partial charge in [0, 0.05) is 64.0 Å². The molecule has 1 aliphatic carbocycles. The van der Waals surface area contributed by atoms with E-state index in [1.165, 1.54) is 23.9 Å². The first kappa shape index (κ1) is 28.4. The summed E-state index contributed by atoms with van der Waals surface area (Å²) in [5.74, 6) is 2.88. The Morgan fingerprint density at radius 1 is 1.14 bits per heavy atom. The maximum atomic E-state index is 13.2. The summed E-state index contributed by atoms with van der Waals surface area (Å²) in [6.07, 6.45) is 6.74. The van der Waals surface area contributed by atoms with Gasteiger partial charge in [0.2, 0.25) is 0 Å². The van der Waals surface area contributed by atoms with Crippen LogP contribution in [0.1, 0.15) is 46.5 Å². The van der Waals surface area contributed by atoms with E-state index in [1.54, 1.807) is 6.20 Å². The van der Waals surface area contributed by atoms with Crippen molar-refractivity contribution < 1.29 is 19.1 Å². The van der Waals surface area contributed by atoms with Crippen molar-refractivity contribution in [3.63, 3.8) is 0 Å². The number of aromatic nitrogens is 2. The van der Waals surface area contributed by atoms with Crippen LogP contribution in [0.3, 0.4) is 0 Å². The molecule has 1 atom stereocenters. The summed E-state index contributed by atoms with van der Waals surface area (Å²) in [5, 5.41) is 17.3. The largest absolute Gasteiger partial charge is 0.486 e. The summed E-state index contributed by atoms with van der Waals surface area (Å²) < 4.78 is 11.1. The lowest BCUT2D eigenvalue weighted by atomic mass is 9.93. The summed E-state index contributed by atoms with van der Waals surface area (Å²) in [7, 11) is 2.13. The second-order valence-electron chi connectivity index (χ2n) is 11.7. The second kappa shape index (κ2) is 13.1. The molecule has 4 heterocycles. The average molecular weight is 576 g/mol. The fourth-order valence-electron chi connectivity index (χ4n) is 5.66. The lowest BCUT2D eigenvalue weighted by Crippen LogP contribution is -2.45. The predicted octanol–water partition coefficient (Wildman–Crippen LogP) is 2.51. The molecule has 42 heavy (non-hydrogen) atoms. The van der Waals surface area contributed by atoms with Gasteiger partial charge in [0.1, 0.15) is 24.0 Å². The van der Waals surface area contributed by atoms with Crippen molar-refractivity contribution in [2.24, 2.45) is 0 Å². The standard InChI is InChI=1S/C31H41N7O4/c1-36-9-11-38(12-10-36)30-15-24(14-29(35-30)34-25-3-2-4-25)31(40)33-16-26(39)19-37-8-7-22-13-27(6-5-23(22)18-37)41-20-28-17-32-21-42-28/h5-6,13-15,17,21,25-26,39H,2-4,7-12,16,18-20H2,1H3,(H,33,40)(H,34,35). The van der Waals surface area contributed by atoms with E-state index in [1.807, 2.05) is 18.2 Å².